The van der Waals surface area contributed by atoms with Crippen LogP contribution in [0.15, 0.2) is 22.3 Å². The largest absolute Gasteiger partial charge is 0.425 e. The first-order valence-corrected chi connectivity index (χ1v) is 11.9. The van der Waals surface area contributed by atoms with E-state index in [2.05, 4.69) is 15.5 Å². The molecule has 2 amide bonds. The summed E-state index contributed by atoms with van der Waals surface area (Å²) < 4.78 is 10.3. The van der Waals surface area contributed by atoms with Crippen LogP contribution in [0.1, 0.15) is 32.4 Å². The van der Waals surface area contributed by atoms with Crippen molar-refractivity contribution in [3.05, 3.63) is 22.8 Å². The van der Waals surface area contributed by atoms with Crippen LogP contribution in [0, 0.1) is 0 Å². The van der Waals surface area contributed by atoms with Crippen molar-refractivity contribution >= 4 is 57.7 Å². The van der Waals surface area contributed by atoms with Gasteiger partial charge in [-0.2, -0.15) is 0 Å². The summed E-state index contributed by atoms with van der Waals surface area (Å²) in [6.07, 6.45) is 0.912. The Bertz CT molecular complexity index is 1010. The van der Waals surface area contributed by atoms with Crippen molar-refractivity contribution in [1.82, 2.24) is 15.2 Å². The molecule has 3 rings (SSSR count). The van der Waals surface area contributed by atoms with Crippen LogP contribution >= 0.6 is 23.1 Å². The van der Waals surface area contributed by atoms with Crippen molar-refractivity contribution in [2.45, 2.75) is 44.4 Å². The van der Waals surface area contributed by atoms with E-state index in [1.165, 1.54) is 23.8 Å². The van der Waals surface area contributed by atoms with Gasteiger partial charge in [-0.1, -0.05) is 19.0 Å². The van der Waals surface area contributed by atoms with Crippen LogP contribution in [0.4, 0.5) is 5.13 Å². The molecule has 1 fully saturated rings. The number of ether oxygens (including phenoxy) is 2. The van der Waals surface area contributed by atoms with E-state index in [1.54, 1.807) is 25.3 Å². The van der Waals surface area contributed by atoms with E-state index in [4.69, 9.17) is 20.0 Å². The number of rotatable bonds is 9. The lowest BCUT2D eigenvalue weighted by atomic mass is 10.0. The van der Waals surface area contributed by atoms with E-state index in [0.717, 1.165) is 11.3 Å². The minimum Gasteiger partial charge on any atom is -0.425 e. The van der Waals surface area contributed by atoms with Gasteiger partial charge in [0.15, 0.2) is 10.8 Å². The number of carbonyl (C=O) groups is 4. The number of thioether (sulfide) groups is 1. The molecule has 0 spiro atoms. The van der Waals surface area contributed by atoms with E-state index < -0.39 is 41.5 Å². The number of nitrogen functional groups attached to an aromatic ring is 1. The number of oxime groups is 1. The lowest BCUT2D eigenvalue weighted by molar-refractivity contribution is -0.187. The summed E-state index contributed by atoms with van der Waals surface area (Å²) in [5.41, 5.74) is 5.75. The Morgan fingerprint density at radius 1 is 1.36 bits per heavy atom. The van der Waals surface area contributed by atoms with E-state index in [0.29, 0.717) is 5.75 Å². The second-order valence-electron chi connectivity index (χ2n) is 6.75. The Kier molecular flexibility index (Phi) is 7.92. The number of carbonyl (C=O) groups excluding carboxylic acids is 4. The maximum Gasteiger partial charge on any atom is 0.357 e. The second-order valence-corrected chi connectivity index (χ2v) is 8.79. The molecule has 1 aromatic heterocycles. The quantitative estimate of drug-likeness (QED) is 0.162. The molecule has 1 aromatic rings. The number of nitrogens with one attached hydrogen (secondary N) is 1. The smallest absolute Gasteiger partial charge is 0.357 e. The first-order chi connectivity index (χ1) is 15.8. The average molecular weight is 498 g/mol. The minimum absolute atomic E-state index is 0.0401. The molecular formula is C19H23N5O7S2. The van der Waals surface area contributed by atoms with Gasteiger partial charge in [0.25, 0.3) is 11.8 Å². The molecule has 3 N–H and O–H groups in total. The summed E-state index contributed by atoms with van der Waals surface area (Å²) >= 11 is 2.50. The molecule has 0 radical (unpaired) electrons. The standard InChI is InChI=1S/C19H23N5O7S2/c1-4-11(25)30-12(5-2)31-18(28)10-6-7-32-17-14(16(27)24(10)17)22-15(26)13(23-29-3)9-8-33-19(20)21-9/h6,8,12,14,17H,4-5,7H2,1-3H3,(H2,20,21)(H,22,26)/t12?,14?,17-/m0/s1. The fourth-order valence-corrected chi connectivity index (χ4v) is 4.77. The number of fused-ring (bicyclic) bond motifs is 1. The van der Waals surface area contributed by atoms with E-state index in [-0.39, 0.29) is 35.1 Å². The van der Waals surface area contributed by atoms with Crippen LogP contribution in [-0.4, -0.2) is 69.9 Å². The third-order valence-corrected chi connectivity index (χ3v) is 6.49. The van der Waals surface area contributed by atoms with Gasteiger partial charge in [0.1, 0.15) is 29.9 Å². The molecule has 0 aromatic carbocycles. The van der Waals surface area contributed by atoms with Crippen LogP contribution in [0.5, 0.6) is 0 Å². The number of esters is 2. The number of hydrogen-bond donors (Lipinski definition) is 2. The second kappa shape index (κ2) is 10.7. The zero-order valence-corrected chi connectivity index (χ0v) is 19.7. The predicted octanol–water partition coefficient (Wildman–Crippen LogP) is 0.592. The normalized spacial score (nSPS) is 20.7. The van der Waals surface area contributed by atoms with Crippen LogP contribution in [0.25, 0.3) is 0 Å². The zero-order valence-electron chi connectivity index (χ0n) is 18.1. The third kappa shape index (κ3) is 5.27. The number of aromatic nitrogens is 1. The summed E-state index contributed by atoms with van der Waals surface area (Å²) in [4.78, 5) is 59.7. The average Bonchev–Trinajstić information content (AvgIpc) is 3.24. The lowest BCUT2D eigenvalue weighted by Crippen LogP contribution is -2.70. The number of β-lactam (4-membered cyclic amide) rings is 1. The number of thiazole rings is 1. The van der Waals surface area contributed by atoms with Crippen molar-refractivity contribution in [2.75, 3.05) is 18.6 Å². The predicted molar refractivity (Wildman–Crippen MR) is 120 cm³/mol. The van der Waals surface area contributed by atoms with Crippen LogP contribution in [0.2, 0.25) is 0 Å². The van der Waals surface area contributed by atoms with Crippen LogP contribution in [-0.2, 0) is 33.5 Å². The number of nitrogens with two attached hydrogens (primary N) is 1. The minimum atomic E-state index is -1.05. The van der Waals surface area contributed by atoms with Crippen molar-refractivity contribution in [1.29, 1.82) is 0 Å². The van der Waals surface area contributed by atoms with Gasteiger partial charge in [-0.25, -0.2) is 9.78 Å². The lowest BCUT2D eigenvalue weighted by Gasteiger charge is -2.48. The van der Waals surface area contributed by atoms with E-state index in [9.17, 15) is 19.2 Å². The summed E-state index contributed by atoms with van der Waals surface area (Å²) in [7, 11) is 1.28. The van der Waals surface area contributed by atoms with Gasteiger partial charge in [-0.05, 0) is 6.08 Å². The molecule has 1 saturated heterocycles. The topological polar surface area (TPSA) is 163 Å². The highest BCUT2D eigenvalue weighted by Gasteiger charge is 2.53. The first kappa shape index (κ1) is 24.5. The van der Waals surface area contributed by atoms with Gasteiger partial charge in [0.2, 0.25) is 6.29 Å². The SMILES string of the molecule is CCC(=O)OC(CC)OC(=O)C1=CCS[C@H]2C(NC(=O)C(=NOC)c3csc(N)n3)C(=O)N12. The molecule has 14 heteroatoms. The Hall–Kier alpha value is -3.13. The molecule has 0 saturated carbocycles. The Morgan fingerprint density at radius 3 is 2.73 bits per heavy atom. The molecular weight excluding hydrogens is 474 g/mol. The third-order valence-electron chi connectivity index (χ3n) is 4.63. The van der Waals surface area contributed by atoms with Crippen LogP contribution in [0.3, 0.4) is 0 Å². The summed E-state index contributed by atoms with van der Waals surface area (Å²) in [5.74, 6) is -2.03. The Labute approximate surface area is 197 Å². The molecule has 178 valence electrons. The number of hydrogen-bond acceptors (Lipinski definition) is 12. The Morgan fingerprint density at radius 2 is 2.12 bits per heavy atom. The fourth-order valence-electron chi connectivity index (χ4n) is 3.03. The van der Waals surface area contributed by atoms with Gasteiger partial charge in [0, 0.05) is 24.0 Å². The molecule has 2 aliphatic rings. The van der Waals surface area contributed by atoms with Crippen molar-refractivity contribution in [3.8, 4) is 0 Å². The van der Waals surface area contributed by atoms with Crippen molar-refractivity contribution < 1.29 is 33.5 Å². The zero-order chi connectivity index (χ0) is 24.1. The molecule has 3 heterocycles. The summed E-state index contributed by atoms with van der Waals surface area (Å²) in [5, 5.41) is 7.59. The first-order valence-electron chi connectivity index (χ1n) is 9.99. The van der Waals surface area contributed by atoms with Gasteiger partial charge in [-0.3, -0.25) is 19.3 Å². The fraction of sp³-hybridized carbons (Fsp3) is 0.474. The van der Waals surface area contributed by atoms with Gasteiger partial charge >= 0.3 is 11.9 Å². The molecule has 0 aliphatic carbocycles. The van der Waals surface area contributed by atoms with Crippen molar-refractivity contribution in [2.24, 2.45) is 5.16 Å². The summed E-state index contributed by atoms with van der Waals surface area (Å²) in [6, 6.07) is -0.892. The van der Waals surface area contributed by atoms with Gasteiger partial charge in [-0.15, -0.1) is 23.1 Å². The molecule has 2 aliphatic heterocycles. The number of nitrogens with zero attached hydrogens (tertiary/aromatic N) is 3. The number of amides is 2. The molecule has 33 heavy (non-hydrogen) atoms. The van der Waals surface area contributed by atoms with Crippen molar-refractivity contribution in [3.63, 3.8) is 0 Å². The highest BCUT2D eigenvalue weighted by molar-refractivity contribution is 8.00. The molecule has 3 atom stereocenters. The molecule has 0 bridgehead atoms. The maximum atomic E-state index is 12.8. The molecule has 2 unspecified atom stereocenters. The van der Waals surface area contributed by atoms with Crippen LogP contribution < -0.4 is 11.1 Å². The highest BCUT2D eigenvalue weighted by atomic mass is 32.2. The van der Waals surface area contributed by atoms with Gasteiger partial charge in [0.05, 0.1) is 0 Å². The van der Waals surface area contributed by atoms with Gasteiger partial charge < -0.3 is 25.4 Å². The monoisotopic (exact) mass is 497 g/mol. The highest BCUT2D eigenvalue weighted by Crippen LogP contribution is 2.38. The maximum absolute atomic E-state index is 12.8. The number of anilines is 1. The molecule has 12 nitrogen and oxygen atoms in total. The Balaban J connectivity index is 1.67. The summed E-state index contributed by atoms with van der Waals surface area (Å²) in [6.45, 7) is 3.33. The van der Waals surface area contributed by atoms with E-state index >= 15 is 0 Å². The van der Waals surface area contributed by atoms with E-state index in [1.807, 2.05) is 0 Å².